The Bertz CT molecular complexity index is 877. The maximum atomic E-state index is 5.94. The molecule has 0 aliphatic carbocycles. The number of benzene rings is 2. The molecule has 0 atom stereocenters. The van der Waals surface area contributed by atoms with Gasteiger partial charge in [0, 0.05) is 17.3 Å². The lowest BCUT2D eigenvalue weighted by atomic mass is 10.2. The van der Waals surface area contributed by atoms with Gasteiger partial charge in [0.1, 0.15) is 12.4 Å². The van der Waals surface area contributed by atoms with E-state index in [0.29, 0.717) is 13.2 Å². The highest BCUT2D eigenvalue weighted by atomic mass is 35.5. The van der Waals surface area contributed by atoms with Crippen LogP contribution in [0.4, 0.5) is 0 Å². The largest absolute Gasteiger partial charge is 0.486 e. The van der Waals surface area contributed by atoms with E-state index in [1.54, 1.807) is 11.8 Å². The van der Waals surface area contributed by atoms with Crippen LogP contribution in [0.5, 0.6) is 5.75 Å². The first-order valence-corrected chi connectivity index (χ1v) is 9.62. The monoisotopic (exact) mass is 385 g/mol. The molecular weight excluding hydrogens is 366 g/mol. The number of ether oxygens (including phenoxy) is 1. The van der Waals surface area contributed by atoms with Gasteiger partial charge < -0.3 is 4.74 Å². The summed E-state index contributed by atoms with van der Waals surface area (Å²) in [6, 6.07) is 15.8. The number of allylic oxidation sites excluding steroid dienone is 1. The predicted molar refractivity (Wildman–Crippen MR) is 107 cm³/mol. The third-order valence-corrected chi connectivity index (χ3v) is 5.03. The number of thioether (sulfide) groups is 1. The second-order valence-electron chi connectivity index (χ2n) is 5.82. The fourth-order valence-corrected chi connectivity index (χ4v) is 3.48. The summed E-state index contributed by atoms with van der Waals surface area (Å²) >= 11 is 7.57. The Morgan fingerprint density at radius 1 is 1.19 bits per heavy atom. The van der Waals surface area contributed by atoms with E-state index >= 15 is 0 Å². The summed E-state index contributed by atoms with van der Waals surface area (Å²) in [5.74, 6) is 2.41. The van der Waals surface area contributed by atoms with Gasteiger partial charge in [-0.3, -0.25) is 4.57 Å². The van der Waals surface area contributed by atoms with Crippen molar-refractivity contribution in [2.24, 2.45) is 0 Å². The van der Waals surface area contributed by atoms with E-state index in [1.165, 1.54) is 5.56 Å². The Labute approximate surface area is 162 Å². The van der Waals surface area contributed by atoms with Gasteiger partial charge in [-0.15, -0.1) is 16.8 Å². The minimum atomic E-state index is 0.367. The van der Waals surface area contributed by atoms with Gasteiger partial charge in [0.05, 0.1) is 0 Å². The Kier molecular flexibility index (Phi) is 6.36. The zero-order valence-corrected chi connectivity index (χ0v) is 16.1. The quantitative estimate of drug-likeness (QED) is 0.390. The van der Waals surface area contributed by atoms with Gasteiger partial charge in [0.15, 0.2) is 11.0 Å². The number of aryl methyl sites for hydroxylation is 1. The molecule has 134 valence electrons. The van der Waals surface area contributed by atoms with Gasteiger partial charge in [-0.1, -0.05) is 53.7 Å². The van der Waals surface area contributed by atoms with E-state index in [-0.39, 0.29) is 0 Å². The first-order chi connectivity index (χ1) is 12.7. The lowest BCUT2D eigenvalue weighted by Gasteiger charge is -2.09. The minimum Gasteiger partial charge on any atom is -0.486 e. The van der Waals surface area contributed by atoms with E-state index in [9.17, 15) is 0 Å². The summed E-state index contributed by atoms with van der Waals surface area (Å²) in [6.07, 6.45) is 1.84. The highest BCUT2D eigenvalue weighted by molar-refractivity contribution is 7.98. The predicted octanol–water partition coefficient (Wildman–Crippen LogP) is 5.30. The van der Waals surface area contributed by atoms with Crippen molar-refractivity contribution in [2.45, 2.75) is 31.0 Å². The molecule has 6 heteroatoms. The molecule has 1 aromatic heterocycles. The van der Waals surface area contributed by atoms with E-state index in [1.807, 2.05) is 66.1 Å². The molecule has 3 rings (SSSR count). The van der Waals surface area contributed by atoms with Crippen molar-refractivity contribution in [2.75, 3.05) is 0 Å². The highest BCUT2D eigenvalue weighted by Gasteiger charge is 2.12. The average molecular weight is 386 g/mol. The summed E-state index contributed by atoms with van der Waals surface area (Å²) < 4.78 is 7.90. The van der Waals surface area contributed by atoms with Crippen LogP contribution in [-0.2, 0) is 18.9 Å². The maximum absolute atomic E-state index is 5.94. The Morgan fingerprint density at radius 3 is 2.73 bits per heavy atom. The number of rotatable bonds is 8. The molecule has 0 aliphatic heterocycles. The molecule has 0 saturated carbocycles. The topological polar surface area (TPSA) is 39.9 Å². The second kappa shape index (κ2) is 8.92. The van der Waals surface area contributed by atoms with Crippen LogP contribution in [0.25, 0.3) is 0 Å². The maximum Gasteiger partial charge on any atom is 0.191 e. The smallest absolute Gasteiger partial charge is 0.191 e. The number of halogens is 1. The molecule has 3 aromatic rings. The van der Waals surface area contributed by atoms with Crippen LogP contribution in [0.1, 0.15) is 17.0 Å². The molecule has 2 aromatic carbocycles. The normalized spacial score (nSPS) is 10.7. The molecule has 4 nitrogen and oxygen atoms in total. The van der Waals surface area contributed by atoms with Crippen molar-refractivity contribution < 1.29 is 4.74 Å². The molecule has 0 fully saturated rings. The molecular formula is C20H20ClN3OS. The van der Waals surface area contributed by atoms with Crippen molar-refractivity contribution in [1.29, 1.82) is 0 Å². The average Bonchev–Trinajstić information content (AvgIpc) is 3.02. The third-order valence-electron chi connectivity index (χ3n) is 3.74. The van der Waals surface area contributed by atoms with Crippen LogP contribution in [0, 0.1) is 6.92 Å². The van der Waals surface area contributed by atoms with Crippen LogP contribution >= 0.6 is 23.4 Å². The van der Waals surface area contributed by atoms with E-state index in [0.717, 1.165) is 33.1 Å². The van der Waals surface area contributed by atoms with Crippen LogP contribution in [0.2, 0.25) is 5.02 Å². The van der Waals surface area contributed by atoms with Crippen molar-refractivity contribution in [3.63, 3.8) is 0 Å². The van der Waals surface area contributed by atoms with Crippen molar-refractivity contribution in [3.05, 3.63) is 83.2 Å². The Hall–Kier alpha value is -2.24. The SMILES string of the molecule is C=CCn1c(COc2cccc(C)c2)nnc1SCc1ccc(Cl)cc1. The summed E-state index contributed by atoms with van der Waals surface area (Å²) in [5.41, 5.74) is 2.35. The number of hydrogen-bond donors (Lipinski definition) is 0. The molecule has 0 N–H and O–H groups in total. The van der Waals surface area contributed by atoms with Gasteiger partial charge in [-0.2, -0.15) is 0 Å². The van der Waals surface area contributed by atoms with Gasteiger partial charge in [0.25, 0.3) is 0 Å². The lowest BCUT2D eigenvalue weighted by Crippen LogP contribution is -2.07. The zero-order valence-electron chi connectivity index (χ0n) is 14.6. The standard InChI is InChI=1S/C20H20ClN3OS/c1-3-11-24-19(13-25-18-6-4-5-15(2)12-18)22-23-20(24)26-14-16-7-9-17(21)10-8-16/h3-10,12H,1,11,13-14H2,2H3. The van der Waals surface area contributed by atoms with Crippen molar-refractivity contribution in [3.8, 4) is 5.75 Å². The van der Waals surface area contributed by atoms with Gasteiger partial charge in [-0.05, 0) is 42.3 Å². The first-order valence-electron chi connectivity index (χ1n) is 8.25. The molecule has 0 bridgehead atoms. The molecule has 0 saturated heterocycles. The summed E-state index contributed by atoms with van der Waals surface area (Å²) in [6.45, 7) is 6.88. The van der Waals surface area contributed by atoms with Gasteiger partial charge in [-0.25, -0.2) is 0 Å². The second-order valence-corrected chi connectivity index (χ2v) is 7.20. The number of nitrogens with zero attached hydrogens (tertiary/aromatic N) is 3. The molecule has 26 heavy (non-hydrogen) atoms. The van der Waals surface area contributed by atoms with Crippen LogP contribution in [-0.4, -0.2) is 14.8 Å². The van der Waals surface area contributed by atoms with Crippen LogP contribution in [0.3, 0.4) is 0 Å². The van der Waals surface area contributed by atoms with Gasteiger partial charge in [0.2, 0.25) is 0 Å². The first kappa shape index (κ1) is 18.5. The minimum absolute atomic E-state index is 0.367. The molecule has 0 unspecified atom stereocenters. The molecule has 0 radical (unpaired) electrons. The molecule has 0 spiro atoms. The molecule has 0 amide bonds. The fraction of sp³-hybridized carbons (Fsp3) is 0.200. The Balaban J connectivity index is 1.68. The molecule has 1 heterocycles. The summed E-state index contributed by atoms with van der Waals surface area (Å²) in [5, 5.41) is 10.2. The third kappa shape index (κ3) is 4.90. The highest BCUT2D eigenvalue weighted by Crippen LogP contribution is 2.23. The van der Waals surface area contributed by atoms with E-state index < -0.39 is 0 Å². The van der Waals surface area contributed by atoms with Crippen LogP contribution in [0.15, 0.2) is 66.3 Å². The van der Waals surface area contributed by atoms with Crippen molar-refractivity contribution >= 4 is 23.4 Å². The van der Waals surface area contributed by atoms with Crippen molar-refractivity contribution in [1.82, 2.24) is 14.8 Å². The van der Waals surface area contributed by atoms with Gasteiger partial charge >= 0.3 is 0 Å². The zero-order chi connectivity index (χ0) is 18.4. The number of hydrogen-bond acceptors (Lipinski definition) is 4. The summed E-state index contributed by atoms with van der Waals surface area (Å²) in [4.78, 5) is 0. The lowest BCUT2D eigenvalue weighted by molar-refractivity contribution is 0.289. The van der Waals surface area contributed by atoms with E-state index in [2.05, 4.69) is 16.8 Å². The van der Waals surface area contributed by atoms with Crippen LogP contribution < -0.4 is 4.74 Å². The number of aromatic nitrogens is 3. The Morgan fingerprint density at radius 2 is 2.00 bits per heavy atom. The van der Waals surface area contributed by atoms with E-state index in [4.69, 9.17) is 16.3 Å². The fourth-order valence-electron chi connectivity index (χ4n) is 2.43. The summed E-state index contributed by atoms with van der Waals surface area (Å²) in [7, 11) is 0. The molecule has 0 aliphatic rings.